The molecule has 0 aliphatic heterocycles. The Hall–Kier alpha value is -1.32. The molecule has 1 N–H and O–H groups in total. The van der Waals surface area contributed by atoms with Crippen molar-refractivity contribution in [2.75, 3.05) is 7.11 Å². The molecule has 0 amide bonds. The maximum atomic E-state index is 10.5. The summed E-state index contributed by atoms with van der Waals surface area (Å²) in [5, 5.41) is 10.5. The van der Waals surface area contributed by atoms with Gasteiger partial charge >= 0.3 is 0 Å². The molecule has 2 nitrogen and oxygen atoms in total. The first-order valence-corrected chi connectivity index (χ1v) is 6.50. The summed E-state index contributed by atoms with van der Waals surface area (Å²) in [4.78, 5) is 0. The predicted molar refractivity (Wildman–Crippen MR) is 75.9 cm³/mol. The summed E-state index contributed by atoms with van der Waals surface area (Å²) in [6.45, 7) is 1.98. The summed E-state index contributed by atoms with van der Waals surface area (Å²) in [6.07, 6.45) is -0.672. The number of benzene rings is 2. The number of halogens is 1. The first-order valence-electron chi connectivity index (χ1n) is 5.70. The summed E-state index contributed by atoms with van der Waals surface area (Å²) in [5.74, 6) is 0.701. The molecule has 0 saturated heterocycles. The maximum Gasteiger partial charge on any atom is 0.125 e. The lowest BCUT2D eigenvalue weighted by atomic mass is 9.97. The van der Waals surface area contributed by atoms with Crippen molar-refractivity contribution in [3.05, 3.63) is 63.6 Å². The normalized spacial score (nSPS) is 12.2. The molecule has 0 aliphatic rings. The molecule has 3 heteroatoms. The molecule has 0 spiro atoms. The Morgan fingerprint density at radius 2 is 1.83 bits per heavy atom. The number of aryl methyl sites for hydroxylation is 1. The van der Waals surface area contributed by atoms with E-state index < -0.39 is 6.10 Å². The molecular formula is C15H15BrO2. The predicted octanol–water partition coefficient (Wildman–Crippen LogP) is 3.85. The van der Waals surface area contributed by atoms with Gasteiger partial charge in [-0.15, -0.1) is 0 Å². The van der Waals surface area contributed by atoms with E-state index in [1.54, 1.807) is 7.11 Å². The van der Waals surface area contributed by atoms with E-state index in [0.717, 1.165) is 21.2 Å². The highest BCUT2D eigenvalue weighted by molar-refractivity contribution is 9.10. The number of ether oxygens (including phenoxy) is 1. The lowest BCUT2D eigenvalue weighted by molar-refractivity contribution is 0.214. The smallest absolute Gasteiger partial charge is 0.125 e. The van der Waals surface area contributed by atoms with E-state index in [4.69, 9.17) is 4.74 Å². The fraction of sp³-hybridized carbons (Fsp3) is 0.200. The Balaban J connectivity index is 2.44. The topological polar surface area (TPSA) is 29.5 Å². The second-order valence-corrected chi connectivity index (χ2v) is 5.06. The van der Waals surface area contributed by atoms with Crippen LogP contribution >= 0.6 is 15.9 Å². The quantitative estimate of drug-likeness (QED) is 0.933. The highest BCUT2D eigenvalue weighted by Gasteiger charge is 2.16. The number of rotatable bonds is 3. The molecule has 2 aromatic rings. The van der Waals surface area contributed by atoms with Gasteiger partial charge in [0.15, 0.2) is 0 Å². The zero-order valence-corrected chi connectivity index (χ0v) is 11.9. The molecule has 0 fully saturated rings. The Morgan fingerprint density at radius 3 is 2.50 bits per heavy atom. The van der Waals surface area contributed by atoms with Gasteiger partial charge in [-0.25, -0.2) is 0 Å². The highest BCUT2D eigenvalue weighted by Crippen LogP contribution is 2.32. The van der Waals surface area contributed by atoms with E-state index in [-0.39, 0.29) is 0 Å². The van der Waals surface area contributed by atoms with Crippen molar-refractivity contribution in [3.63, 3.8) is 0 Å². The van der Waals surface area contributed by atoms with Gasteiger partial charge in [0, 0.05) is 10.0 Å². The van der Waals surface area contributed by atoms with Crippen LogP contribution in [0.4, 0.5) is 0 Å². The van der Waals surface area contributed by atoms with Crippen molar-refractivity contribution in [1.82, 2.24) is 0 Å². The standard InChI is InChI=1S/C15H15BrO2/c1-10-9-11(16)7-8-12(10)15(17)13-5-3-4-6-14(13)18-2/h3-9,15,17H,1-2H3. The summed E-state index contributed by atoms with van der Waals surface area (Å²) in [5.41, 5.74) is 2.72. The number of aliphatic hydroxyl groups excluding tert-OH is 1. The minimum absolute atomic E-state index is 0.672. The maximum absolute atomic E-state index is 10.5. The molecule has 2 aromatic carbocycles. The number of hydrogen-bond acceptors (Lipinski definition) is 2. The van der Waals surface area contributed by atoms with Gasteiger partial charge in [-0.2, -0.15) is 0 Å². The number of para-hydroxylation sites is 1. The molecule has 1 atom stereocenters. The summed E-state index contributed by atoms with van der Waals surface area (Å²) in [7, 11) is 1.61. The van der Waals surface area contributed by atoms with Crippen molar-refractivity contribution >= 4 is 15.9 Å². The molecular weight excluding hydrogens is 292 g/mol. The second-order valence-electron chi connectivity index (χ2n) is 4.15. The van der Waals surface area contributed by atoms with Crippen LogP contribution in [0, 0.1) is 6.92 Å². The minimum Gasteiger partial charge on any atom is -0.496 e. The van der Waals surface area contributed by atoms with Gasteiger partial charge in [-0.05, 0) is 36.2 Å². The third-order valence-electron chi connectivity index (χ3n) is 2.96. The number of methoxy groups -OCH3 is 1. The van der Waals surface area contributed by atoms with Crippen molar-refractivity contribution in [2.24, 2.45) is 0 Å². The van der Waals surface area contributed by atoms with E-state index in [1.807, 2.05) is 49.4 Å². The van der Waals surface area contributed by atoms with Gasteiger partial charge in [0.25, 0.3) is 0 Å². The Kier molecular flexibility index (Phi) is 4.04. The van der Waals surface area contributed by atoms with Crippen molar-refractivity contribution < 1.29 is 9.84 Å². The Bertz CT molecular complexity index is 552. The zero-order valence-electron chi connectivity index (χ0n) is 10.4. The van der Waals surface area contributed by atoms with Crippen LogP contribution in [0.5, 0.6) is 5.75 Å². The van der Waals surface area contributed by atoms with E-state index in [2.05, 4.69) is 15.9 Å². The van der Waals surface area contributed by atoms with Crippen molar-refractivity contribution in [2.45, 2.75) is 13.0 Å². The third kappa shape index (κ3) is 2.57. The van der Waals surface area contributed by atoms with Gasteiger partial charge in [0.05, 0.1) is 7.11 Å². The molecule has 0 radical (unpaired) electrons. The molecule has 0 bridgehead atoms. The molecule has 0 aromatic heterocycles. The average molecular weight is 307 g/mol. The van der Waals surface area contributed by atoms with Crippen molar-refractivity contribution in [3.8, 4) is 5.75 Å². The van der Waals surface area contributed by atoms with Crippen LogP contribution in [-0.2, 0) is 0 Å². The van der Waals surface area contributed by atoms with Gasteiger partial charge in [-0.3, -0.25) is 0 Å². The van der Waals surface area contributed by atoms with Gasteiger partial charge < -0.3 is 9.84 Å². The van der Waals surface area contributed by atoms with Crippen LogP contribution in [0.3, 0.4) is 0 Å². The van der Waals surface area contributed by atoms with Gasteiger partial charge in [0.1, 0.15) is 11.9 Å². The summed E-state index contributed by atoms with van der Waals surface area (Å²) in [6, 6.07) is 13.4. The first-order chi connectivity index (χ1) is 8.63. The minimum atomic E-state index is -0.672. The molecule has 18 heavy (non-hydrogen) atoms. The van der Waals surface area contributed by atoms with Crippen LogP contribution in [0.2, 0.25) is 0 Å². The molecule has 1 unspecified atom stereocenters. The van der Waals surface area contributed by atoms with Crippen LogP contribution in [-0.4, -0.2) is 12.2 Å². The molecule has 94 valence electrons. The first kappa shape index (κ1) is 13.1. The summed E-state index contributed by atoms with van der Waals surface area (Å²) >= 11 is 3.42. The number of hydrogen-bond donors (Lipinski definition) is 1. The van der Waals surface area contributed by atoms with Crippen LogP contribution in [0.15, 0.2) is 46.9 Å². The van der Waals surface area contributed by atoms with Crippen LogP contribution < -0.4 is 4.74 Å². The second kappa shape index (κ2) is 5.55. The van der Waals surface area contributed by atoms with Crippen molar-refractivity contribution in [1.29, 1.82) is 0 Å². The molecule has 0 aliphatic carbocycles. The van der Waals surface area contributed by atoms with Gasteiger partial charge in [-0.1, -0.05) is 40.2 Å². The molecule has 0 heterocycles. The summed E-state index contributed by atoms with van der Waals surface area (Å²) < 4.78 is 6.29. The lowest BCUT2D eigenvalue weighted by Crippen LogP contribution is -2.04. The Morgan fingerprint density at radius 1 is 1.11 bits per heavy atom. The Labute approximate surface area is 115 Å². The highest BCUT2D eigenvalue weighted by atomic mass is 79.9. The monoisotopic (exact) mass is 306 g/mol. The molecule has 2 rings (SSSR count). The fourth-order valence-corrected chi connectivity index (χ4v) is 2.48. The largest absolute Gasteiger partial charge is 0.496 e. The van der Waals surface area contributed by atoms with E-state index in [9.17, 15) is 5.11 Å². The fourth-order valence-electron chi connectivity index (χ4n) is 2.01. The van der Waals surface area contributed by atoms with Gasteiger partial charge in [0.2, 0.25) is 0 Å². The lowest BCUT2D eigenvalue weighted by Gasteiger charge is -2.17. The SMILES string of the molecule is COc1ccccc1C(O)c1ccc(Br)cc1C. The zero-order chi connectivity index (χ0) is 13.1. The third-order valence-corrected chi connectivity index (χ3v) is 3.45. The number of aliphatic hydroxyl groups is 1. The molecule has 0 saturated carbocycles. The van der Waals surface area contributed by atoms with E-state index >= 15 is 0 Å². The van der Waals surface area contributed by atoms with E-state index in [1.165, 1.54) is 0 Å². The van der Waals surface area contributed by atoms with Crippen LogP contribution in [0.1, 0.15) is 22.8 Å². The average Bonchev–Trinajstić information content (AvgIpc) is 2.38. The van der Waals surface area contributed by atoms with E-state index in [0.29, 0.717) is 5.75 Å². The van der Waals surface area contributed by atoms with Crippen LogP contribution in [0.25, 0.3) is 0 Å².